The van der Waals surface area contributed by atoms with Crippen molar-refractivity contribution in [1.82, 2.24) is 4.98 Å². The van der Waals surface area contributed by atoms with Crippen LogP contribution < -0.4 is 0 Å². The number of benzene rings is 2. The fourth-order valence-corrected chi connectivity index (χ4v) is 2.22. The van der Waals surface area contributed by atoms with Crippen molar-refractivity contribution in [2.45, 2.75) is 13.8 Å². The van der Waals surface area contributed by atoms with Crippen LogP contribution in [0.2, 0.25) is 0 Å². The maximum absolute atomic E-state index is 13.6. The molecular weight excluding hydrogens is 497 g/mol. The number of carbonyl (C=O) groups is 1. The Bertz CT molecular complexity index is 875. The summed E-state index contributed by atoms with van der Waals surface area (Å²) in [5.41, 5.74) is 1.64. The minimum absolute atomic E-state index is 0. The van der Waals surface area contributed by atoms with Crippen LogP contribution in [-0.4, -0.2) is 15.9 Å². The van der Waals surface area contributed by atoms with Crippen LogP contribution in [0.1, 0.15) is 13.8 Å². The molecule has 2 aromatic carbocycles. The SMILES string of the molecule is CC(=O)C=C(C)O.Fc1cccc2c(-c3[c-]cccc3)nccc12.[Ir]. The second-order valence-corrected chi connectivity index (χ2v) is 5.17. The zero-order valence-corrected chi connectivity index (χ0v) is 16.2. The molecule has 5 heteroatoms. The van der Waals surface area contributed by atoms with E-state index in [4.69, 9.17) is 5.11 Å². The van der Waals surface area contributed by atoms with E-state index in [1.54, 1.807) is 18.3 Å². The van der Waals surface area contributed by atoms with E-state index in [0.29, 0.717) is 5.39 Å². The quantitative estimate of drug-likeness (QED) is 0.302. The average Bonchev–Trinajstić information content (AvgIpc) is 2.55. The maximum Gasteiger partial charge on any atom is 0.155 e. The molecule has 0 atom stereocenters. The van der Waals surface area contributed by atoms with E-state index in [9.17, 15) is 9.18 Å². The summed E-state index contributed by atoms with van der Waals surface area (Å²) in [4.78, 5) is 14.3. The Labute approximate surface area is 159 Å². The molecule has 0 aliphatic rings. The molecule has 0 aliphatic carbocycles. The van der Waals surface area contributed by atoms with E-state index in [1.165, 1.54) is 26.0 Å². The summed E-state index contributed by atoms with van der Waals surface area (Å²) in [6.45, 7) is 2.85. The summed E-state index contributed by atoms with van der Waals surface area (Å²) in [5.74, 6) is -0.283. The van der Waals surface area contributed by atoms with E-state index < -0.39 is 0 Å². The van der Waals surface area contributed by atoms with E-state index in [0.717, 1.165) is 16.6 Å². The molecule has 0 spiro atoms. The second-order valence-electron chi connectivity index (χ2n) is 5.17. The topological polar surface area (TPSA) is 50.2 Å². The number of pyridine rings is 1. The molecule has 0 saturated carbocycles. The fourth-order valence-electron chi connectivity index (χ4n) is 2.22. The van der Waals surface area contributed by atoms with Gasteiger partial charge >= 0.3 is 0 Å². The van der Waals surface area contributed by atoms with Gasteiger partial charge in [-0.05, 0) is 37.1 Å². The largest absolute Gasteiger partial charge is 0.512 e. The Morgan fingerprint density at radius 2 is 1.88 bits per heavy atom. The Balaban J connectivity index is 0.000000339. The van der Waals surface area contributed by atoms with E-state index >= 15 is 0 Å². The van der Waals surface area contributed by atoms with Gasteiger partial charge in [0.1, 0.15) is 5.82 Å². The number of carbonyl (C=O) groups excluding carboxylic acids is 1. The van der Waals surface area contributed by atoms with Gasteiger partial charge in [-0.25, -0.2) is 4.39 Å². The molecule has 0 amide bonds. The molecule has 1 N–H and O–H groups in total. The van der Waals surface area contributed by atoms with Gasteiger partial charge in [-0.15, -0.1) is 35.9 Å². The Hall–Kier alpha value is -2.36. The van der Waals surface area contributed by atoms with Crippen molar-refractivity contribution in [3.63, 3.8) is 0 Å². The Kier molecular flexibility index (Phi) is 8.12. The smallest absolute Gasteiger partial charge is 0.155 e. The molecule has 25 heavy (non-hydrogen) atoms. The number of allylic oxidation sites excluding steroid dienone is 2. The third-order valence-corrected chi connectivity index (χ3v) is 3.13. The number of aromatic nitrogens is 1. The number of halogens is 1. The monoisotopic (exact) mass is 515 g/mol. The molecule has 0 saturated heterocycles. The number of rotatable bonds is 2. The molecule has 3 rings (SSSR count). The Morgan fingerprint density at radius 1 is 1.12 bits per heavy atom. The predicted octanol–water partition coefficient (Wildman–Crippen LogP) is 4.88. The molecule has 131 valence electrons. The van der Waals surface area contributed by atoms with Crippen molar-refractivity contribution < 1.29 is 34.4 Å². The molecule has 0 unspecified atom stereocenters. The number of aliphatic hydroxyl groups is 1. The van der Waals surface area contributed by atoms with Crippen LogP contribution in [0.3, 0.4) is 0 Å². The van der Waals surface area contributed by atoms with Crippen LogP contribution in [-0.2, 0) is 24.9 Å². The van der Waals surface area contributed by atoms with Gasteiger partial charge in [0, 0.05) is 37.8 Å². The number of ketones is 1. The number of hydrogen-bond donors (Lipinski definition) is 1. The summed E-state index contributed by atoms with van der Waals surface area (Å²) < 4.78 is 13.6. The number of fused-ring (bicyclic) bond motifs is 1. The third-order valence-electron chi connectivity index (χ3n) is 3.13. The summed E-state index contributed by atoms with van der Waals surface area (Å²) in [5, 5.41) is 9.77. The minimum Gasteiger partial charge on any atom is -0.512 e. The van der Waals surface area contributed by atoms with Gasteiger partial charge in [-0.3, -0.25) is 4.79 Å². The molecule has 3 nitrogen and oxygen atoms in total. The van der Waals surface area contributed by atoms with Crippen molar-refractivity contribution in [2.75, 3.05) is 0 Å². The summed E-state index contributed by atoms with van der Waals surface area (Å²) in [7, 11) is 0. The first-order chi connectivity index (χ1) is 11.5. The Morgan fingerprint density at radius 3 is 2.44 bits per heavy atom. The molecule has 0 bridgehead atoms. The van der Waals surface area contributed by atoms with E-state index in [-0.39, 0.29) is 37.5 Å². The van der Waals surface area contributed by atoms with Crippen molar-refractivity contribution in [1.29, 1.82) is 0 Å². The van der Waals surface area contributed by atoms with Crippen molar-refractivity contribution >= 4 is 16.6 Å². The van der Waals surface area contributed by atoms with Gasteiger partial charge in [0.05, 0.1) is 5.76 Å². The summed E-state index contributed by atoms with van der Waals surface area (Å²) in [6.07, 6.45) is 2.79. The van der Waals surface area contributed by atoms with Gasteiger partial charge < -0.3 is 10.1 Å². The zero-order valence-electron chi connectivity index (χ0n) is 13.8. The van der Waals surface area contributed by atoms with Crippen LogP contribution in [0, 0.1) is 11.9 Å². The van der Waals surface area contributed by atoms with Gasteiger partial charge in [0.2, 0.25) is 0 Å². The first-order valence-electron chi connectivity index (χ1n) is 7.37. The van der Waals surface area contributed by atoms with Crippen LogP contribution in [0.4, 0.5) is 4.39 Å². The third kappa shape index (κ3) is 5.89. The van der Waals surface area contributed by atoms with E-state index in [2.05, 4.69) is 11.1 Å². The molecule has 0 aliphatic heterocycles. The summed E-state index contributed by atoms with van der Waals surface area (Å²) in [6, 6.07) is 17.4. The number of hydrogen-bond acceptors (Lipinski definition) is 3. The molecule has 1 radical (unpaired) electrons. The first-order valence-corrected chi connectivity index (χ1v) is 7.37. The van der Waals surface area contributed by atoms with Gasteiger partial charge in [0.15, 0.2) is 5.78 Å². The number of aliphatic hydroxyl groups excluding tert-OH is 1. The van der Waals surface area contributed by atoms with Gasteiger partial charge in [-0.1, -0.05) is 12.1 Å². The maximum atomic E-state index is 13.6. The average molecular weight is 515 g/mol. The molecule has 1 aromatic heterocycles. The van der Waals surface area contributed by atoms with Crippen LogP contribution in [0.15, 0.2) is 66.6 Å². The van der Waals surface area contributed by atoms with Crippen LogP contribution in [0.25, 0.3) is 22.0 Å². The standard InChI is InChI=1S/C15H9FN.C5H8O2.Ir/c16-14-8-4-7-13-12(14)9-10-17-15(13)11-5-2-1-3-6-11;1-4(6)3-5(2)7;/h1-5,7-10H;3,6H,1-2H3;/q-1;;. The van der Waals surface area contributed by atoms with Crippen molar-refractivity contribution in [2.24, 2.45) is 0 Å². The van der Waals surface area contributed by atoms with Crippen LogP contribution in [0.5, 0.6) is 0 Å². The second kappa shape index (κ2) is 9.82. The molecule has 3 aromatic rings. The first kappa shape index (κ1) is 20.7. The minimum atomic E-state index is -0.220. The molecule has 0 fully saturated rings. The molecular formula is C20H17FIrNO2-. The van der Waals surface area contributed by atoms with Crippen molar-refractivity contribution in [3.05, 3.63) is 78.4 Å². The number of nitrogens with zero attached hydrogens (tertiary/aromatic N) is 1. The summed E-state index contributed by atoms with van der Waals surface area (Å²) >= 11 is 0. The zero-order chi connectivity index (χ0) is 17.5. The normalized spacial score (nSPS) is 10.4. The fraction of sp³-hybridized carbons (Fsp3) is 0.100. The van der Waals surface area contributed by atoms with Gasteiger partial charge in [0.25, 0.3) is 0 Å². The van der Waals surface area contributed by atoms with Gasteiger partial charge in [-0.2, -0.15) is 0 Å². The van der Waals surface area contributed by atoms with Crippen molar-refractivity contribution in [3.8, 4) is 11.3 Å². The van der Waals surface area contributed by atoms with E-state index in [1.807, 2.05) is 30.3 Å². The predicted molar refractivity (Wildman–Crippen MR) is 93.0 cm³/mol. The molecule has 1 heterocycles. The van der Waals surface area contributed by atoms with Crippen LogP contribution >= 0.6 is 0 Å².